The molecule has 0 atom stereocenters. The van der Waals surface area contributed by atoms with Crippen LogP contribution in [0.3, 0.4) is 0 Å². The predicted molar refractivity (Wildman–Crippen MR) is 80.8 cm³/mol. The minimum Gasteiger partial charge on any atom is -0.494 e. The minimum atomic E-state index is 0.711. The Morgan fingerprint density at radius 2 is 1.79 bits per heavy atom. The molecule has 0 aromatic heterocycles. The van der Waals surface area contributed by atoms with E-state index in [-0.39, 0.29) is 0 Å². The van der Waals surface area contributed by atoms with E-state index in [0.29, 0.717) is 6.61 Å². The summed E-state index contributed by atoms with van der Waals surface area (Å²) >= 11 is 0. The van der Waals surface area contributed by atoms with Gasteiger partial charge in [-0.05, 0) is 25.0 Å². The van der Waals surface area contributed by atoms with Crippen molar-refractivity contribution in [3.05, 3.63) is 30.3 Å². The van der Waals surface area contributed by atoms with Crippen molar-refractivity contribution in [2.75, 3.05) is 26.7 Å². The molecule has 0 aliphatic carbocycles. The number of unbranched alkanes of at least 4 members (excludes halogenated alkanes) is 1. The number of aliphatic imine (C=N–C) groups is 1. The van der Waals surface area contributed by atoms with Crippen LogP contribution in [0.15, 0.2) is 35.3 Å². The summed E-state index contributed by atoms with van der Waals surface area (Å²) in [5, 5.41) is 6.55. The summed E-state index contributed by atoms with van der Waals surface area (Å²) in [6.45, 7) is 4.72. The molecule has 1 aromatic rings. The van der Waals surface area contributed by atoms with Crippen LogP contribution >= 0.6 is 0 Å². The monoisotopic (exact) mass is 263 g/mol. The third-order valence-corrected chi connectivity index (χ3v) is 2.67. The van der Waals surface area contributed by atoms with Gasteiger partial charge in [-0.15, -0.1) is 0 Å². The summed E-state index contributed by atoms with van der Waals surface area (Å²) in [5.74, 6) is 1.79. The molecule has 0 unspecified atom stereocenters. The zero-order chi connectivity index (χ0) is 13.8. The largest absolute Gasteiger partial charge is 0.494 e. The molecule has 0 spiro atoms. The third-order valence-electron chi connectivity index (χ3n) is 2.67. The normalized spacial score (nSPS) is 11.2. The van der Waals surface area contributed by atoms with Crippen LogP contribution in [0.25, 0.3) is 0 Å². The summed E-state index contributed by atoms with van der Waals surface area (Å²) < 4.78 is 5.62. The van der Waals surface area contributed by atoms with Gasteiger partial charge in [0.2, 0.25) is 0 Å². The van der Waals surface area contributed by atoms with E-state index in [2.05, 4.69) is 22.5 Å². The molecule has 0 amide bonds. The van der Waals surface area contributed by atoms with E-state index in [1.54, 1.807) is 7.05 Å². The number of guanidine groups is 1. The van der Waals surface area contributed by atoms with Gasteiger partial charge in [0.25, 0.3) is 0 Å². The SMILES string of the molecule is CCCCNC(=NC)NCCCOc1ccccc1. The quantitative estimate of drug-likeness (QED) is 0.430. The van der Waals surface area contributed by atoms with Crippen LogP contribution in [0.5, 0.6) is 5.75 Å². The molecule has 2 N–H and O–H groups in total. The summed E-state index contributed by atoms with van der Waals surface area (Å²) in [6, 6.07) is 9.89. The highest BCUT2D eigenvalue weighted by Crippen LogP contribution is 2.07. The van der Waals surface area contributed by atoms with Crippen LogP contribution in [0.4, 0.5) is 0 Å². The molecule has 0 aliphatic rings. The molecular formula is C15H25N3O. The Morgan fingerprint density at radius 1 is 1.11 bits per heavy atom. The molecule has 0 fully saturated rings. The number of para-hydroxylation sites is 1. The number of rotatable bonds is 8. The fourth-order valence-corrected chi connectivity index (χ4v) is 1.59. The van der Waals surface area contributed by atoms with Gasteiger partial charge in [-0.1, -0.05) is 31.5 Å². The highest BCUT2D eigenvalue weighted by atomic mass is 16.5. The number of nitrogens with zero attached hydrogens (tertiary/aromatic N) is 1. The van der Waals surface area contributed by atoms with Crippen LogP contribution in [0.1, 0.15) is 26.2 Å². The van der Waals surface area contributed by atoms with E-state index in [1.807, 2.05) is 30.3 Å². The van der Waals surface area contributed by atoms with Gasteiger partial charge in [0.1, 0.15) is 5.75 Å². The molecule has 106 valence electrons. The average Bonchev–Trinajstić information content (AvgIpc) is 2.46. The van der Waals surface area contributed by atoms with Crippen molar-refractivity contribution < 1.29 is 4.74 Å². The Labute approximate surface area is 116 Å². The first-order valence-corrected chi connectivity index (χ1v) is 6.99. The molecule has 4 heteroatoms. The number of nitrogens with one attached hydrogen (secondary N) is 2. The van der Waals surface area contributed by atoms with Gasteiger partial charge in [-0.3, -0.25) is 4.99 Å². The van der Waals surface area contributed by atoms with Crippen molar-refractivity contribution >= 4 is 5.96 Å². The van der Waals surface area contributed by atoms with Crippen LogP contribution in [-0.4, -0.2) is 32.7 Å². The molecule has 0 saturated heterocycles. The van der Waals surface area contributed by atoms with Gasteiger partial charge in [-0.2, -0.15) is 0 Å². The fraction of sp³-hybridized carbons (Fsp3) is 0.533. The lowest BCUT2D eigenvalue weighted by atomic mass is 10.3. The summed E-state index contributed by atoms with van der Waals surface area (Å²) in [7, 11) is 1.79. The van der Waals surface area contributed by atoms with E-state index < -0.39 is 0 Å². The second kappa shape index (κ2) is 10.2. The zero-order valence-electron chi connectivity index (χ0n) is 12.0. The van der Waals surface area contributed by atoms with Crippen LogP contribution in [0, 0.1) is 0 Å². The molecular weight excluding hydrogens is 238 g/mol. The molecule has 0 aliphatic heterocycles. The standard InChI is InChI=1S/C15H25N3O/c1-3-4-11-17-15(16-2)18-12-8-13-19-14-9-6-5-7-10-14/h5-7,9-10H,3-4,8,11-13H2,1-2H3,(H2,16,17,18). The molecule has 19 heavy (non-hydrogen) atoms. The van der Waals surface area contributed by atoms with Crippen molar-refractivity contribution in [3.63, 3.8) is 0 Å². The van der Waals surface area contributed by atoms with Crippen molar-refractivity contribution in [2.24, 2.45) is 4.99 Å². The Morgan fingerprint density at radius 3 is 2.42 bits per heavy atom. The minimum absolute atomic E-state index is 0.711. The second-order valence-corrected chi connectivity index (χ2v) is 4.29. The van der Waals surface area contributed by atoms with Gasteiger partial charge in [0, 0.05) is 20.1 Å². The second-order valence-electron chi connectivity index (χ2n) is 4.29. The number of hydrogen-bond donors (Lipinski definition) is 2. The van der Waals surface area contributed by atoms with Crippen LogP contribution in [-0.2, 0) is 0 Å². The molecule has 1 rings (SSSR count). The zero-order valence-corrected chi connectivity index (χ0v) is 12.0. The molecule has 0 radical (unpaired) electrons. The van der Waals surface area contributed by atoms with E-state index in [1.165, 1.54) is 6.42 Å². The van der Waals surface area contributed by atoms with Crippen molar-refractivity contribution in [1.82, 2.24) is 10.6 Å². The Bertz CT molecular complexity index is 352. The van der Waals surface area contributed by atoms with Gasteiger partial charge in [0.15, 0.2) is 5.96 Å². The molecule has 4 nitrogen and oxygen atoms in total. The summed E-state index contributed by atoms with van der Waals surface area (Å²) in [6.07, 6.45) is 3.30. The Kier molecular flexibility index (Phi) is 8.27. The van der Waals surface area contributed by atoms with E-state index >= 15 is 0 Å². The maximum atomic E-state index is 5.62. The fourth-order valence-electron chi connectivity index (χ4n) is 1.59. The first-order valence-electron chi connectivity index (χ1n) is 6.99. The molecule has 0 saturated carbocycles. The van der Waals surface area contributed by atoms with E-state index in [9.17, 15) is 0 Å². The van der Waals surface area contributed by atoms with Gasteiger partial charge < -0.3 is 15.4 Å². The van der Waals surface area contributed by atoms with Crippen molar-refractivity contribution in [1.29, 1.82) is 0 Å². The number of benzene rings is 1. The van der Waals surface area contributed by atoms with Crippen molar-refractivity contribution in [3.8, 4) is 5.75 Å². The molecule has 0 heterocycles. The van der Waals surface area contributed by atoms with Crippen LogP contribution in [0.2, 0.25) is 0 Å². The topological polar surface area (TPSA) is 45.7 Å². The highest BCUT2D eigenvalue weighted by molar-refractivity contribution is 5.79. The maximum absolute atomic E-state index is 5.62. The summed E-state index contributed by atoms with van der Waals surface area (Å²) in [5.41, 5.74) is 0. The van der Waals surface area contributed by atoms with E-state index in [4.69, 9.17) is 4.74 Å². The summed E-state index contributed by atoms with van der Waals surface area (Å²) in [4.78, 5) is 4.17. The Hall–Kier alpha value is -1.71. The number of ether oxygens (including phenoxy) is 1. The van der Waals surface area contributed by atoms with Crippen molar-refractivity contribution in [2.45, 2.75) is 26.2 Å². The molecule has 1 aromatic carbocycles. The molecule has 0 bridgehead atoms. The smallest absolute Gasteiger partial charge is 0.190 e. The number of hydrogen-bond acceptors (Lipinski definition) is 2. The van der Waals surface area contributed by atoms with Gasteiger partial charge >= 0.3 is 0 Å². The van der Waals surface area contributed by atoms with Gasteiger partial charge in [-0.25, -0.2) is 0 Å². The third kappa shape index (κ3) is 7.34. The predicted octanol–water partition coefficient (Wildman–Crippen LogP) is 2.42. The average molecular weight is 263 g/mol. The van der Waals surface area contributed by atoms with Crippen LogP contribution < -0.4 is 15.4 Å². The lowest BCUT2D eigenvalue weighted by Crippen LogP contribution is -2.38. The van der Waals surface area contributed by atoms with Gasteiger partial charge in [0.05, 0.1) is 6.61 Å². The lowest BCUT2D eigenvalue weighted by Gasteiger charge is -2.11. The lowest BCUT2D eigenvalue weighted by molar-refractivity contribution is 0.311. The first kappa shape index (κ1) is 15.3. The first-order chi connectivity index (χ1) is 9.36. The highest BCUT2D eigenvalue weighted by Gasteiger charge is 1.96. The Balaban J connectivity index is 2.06. The maximum Gasteiger partial charge on any atom is 0.190 e. The van der Waals surface area contributed by atoms with E-state index in [0.717, 1.165) is 37.6 Å².